The maximum Gasteiger partial charge on any atom is 0.304 e. The number of allylic oxidation sites excluding steroid dienone is 1. The zero-order valence-corrected chi connectivity index (χ0v) is 21.5. The molecule has 0 amide bonds. The predicted octanol–water partition coefficient (Wildman–Crippen LogP) is 4.70. The Labute approximate surface area is 205 Å². The Morgan fingerprint density at radius 3 is 2.36 bits per heavy atom. The molecule has 0 N–H and O–H groups in total. The first kappa shape index (κ1) is 26.4. The quantitative estimate of drug-likeness (QED) is 0.403. The van der Waals surface area contributed by atoms with E-state index in [1.54, 1.807) is 50.3 Å². The number of halogens is 1. The van der Waals surface area contributed by atoms with Crippen LogP contribution in [0.5, 0.6) is 0 Å². The molecule has 0 saturated carbocycles. The summed E-state index contributed by atoms with van der Waals surface area (Å²) in [5, 5.41) is 0. The van der Waals surface area contributed by atoms with Gasteiger partial charge in [-0.2, -0.15) is 4.31 Å². The van der Waals surface area contributed by atoms with Gasteiger partial charge in [-0.25, -0.2) is 8.42 Å². The number of ether oxygens (including phenoxy) is 1. The van der Waals surface area contributed by atoms with Crippen molar-refractivity contribution in [1.82, 2.24) is 4.31 Å². The van der Waals surface area contributed by atoms with E-state index in [9.17, 15) is 13.2 Å². The topological polar surface area (TPSA) is 63.7 Å². The van der Waals surface area contributed by atoms with Crippen LogP contribution in [0.3, 0.4) is 0 Å². The minimum absolute atomic E-state index is 0.0168. The number of carbonyl (C=O) groups excluding carboxylic acids is 1. The van der Waals surface area contributed by atoms with Gasteiger partial charge in [-0.3, -0.25) is 4.79 Å². The number of hydrogen-bond acceptors (Lipinski definition) is 4. The summed E-state index contributed by atoms with van der Waals surface area (Å²) < 4.78 is 33.7. The summed E-state index contributed by atoms with van der Waals surface area (Å²) in [5.74, 6) is 11.2. The van der Waals surface area contributed by atoms with Crippen LogP contribution in [-0.2, 0) is 19.6 Å². The van der Waals surface area contributed by atoms with Crippen LogP contribution >= 0.6 is 15.9 Å². The van der Waals surface area contributed by atoms with Crippen molar-refractivity contribution in [2.45, 2.75) is 38.2 Å². The maximum absolute atomic E-state index is 13.2. The smallest absolute Gasteiger partial charge is 0.304 e. The molecule has 0 fully saturated rings. The fourth-order valence-corrected chi connectivity index (χ4v) is 4.26. The van der Waals surface area contributed by atoms with Crippen LogP contribution in [0.4, 0.5) is 0 Å². The molecule has 0 radical (unpaired) electrons. The lowest BCUT2D eigenvalue weighted by atomic mass is 10.1. The van der Waals surface area contributed by atoms with Gasteiger partial charge in [0.25, 0.3) is 0 Å². The molecule has 0 atom stereocenters. The standard InChI is InChI=1S/C26H26BrNO4S/c1-21-10-16-25(17-11-21)33(30,31)28(20-8-9-23-12-14-24(27)15-13-23)19-7-5-6-18-26(3,4)32-22(2)29/h5,7,10-17H,19-20H2,1-4H3/b7-5+. The zero-order valence-electron chi connectivity index (χ0n) is 19.1. The van der Waals surface area contributed by atoms with E-state index in [2.05, 4.69) is 39.6 Å². The van der Waals surface area contributed by atoms with Crippen LogP contribution in [0.1, 0.15) is 31.9 Å². The lowest BCUT2D eigenvalue weighted by Gasteiger charge is -2.18. The molecule has 0 aliphatic heterocycles. The van der Waals surface area contributed by atoms with Crippen molar-refractivity contribution in [3.63, 3.8) is 0 Å². The number of aryl methyl sites for hydroxylation is 1. The van der Waals surface area contributed by atoms with E-state index in [4.69, 9.17) is 4.74 Å². The van der Waals surface area contributed by atoms with Crippen LogP contribution in [0.15, 0.2) is 70.1 Å². The molecule has 0 bridgehead atoms. The summed E-state index contributed by atoms with van der Waals surface area (Å²) in [4.78, 5) is 11.3. The third-order valence-corrected chi connectivity index (χ3v) is 6.63. The first-order chi connectivity index (χ1) is 15.5. The van der Waals surface area contributed by atoms with Gasteiger partial charge in [-0.15, -0.1) is 0 Å². The average Bonchev–Trinajstić information content (AvgIpc) is 2.72. The molecule has 0 saturated heterocycles. The Morgan fingerprint density at radius 2 is 1.76 bits per heavy atom. The van der Waals surface area contributed by atoms with Gasteiger partial charge in [0.2, 0.25) is 10.0 Å². The molecule has 0 aromatic heterocycles. The molecule has 0 spiro atoms. The number of sulfonamides is 1. The third-order valence-electron chi connectivity index (χ3n) is 4.27. The molecule has 0 aliphatic carbocycles. The predicted molar refractivity (Wildman–Crippen MR) is 134 cm³/mol. The van der Waals surface area contributed by atoms with Gasteiger partial charge in [0.15, 0.2) is 5.60 Å². The lowest BCUT2D eigenvalue weighted by Crippen LogP contribution is -2.31. The SMILES string of the molecule is CC(=O)OC(C)(C)C#C/C=C/CN(CC#Cc1ccc(Br)cc1)S(=O)(=O)c1ccc(C)cc1. The molecule has 0 unspecified atom stereocenters. The number of carbonyl (C=O) groups is 1. The highest BCUT2D eigenvalue weighted by Crippen LogP contribution is 2.16. The van der Waals surface area contributed by atoms with Crippen molar-refractivity contribution in [3.05, 3.63) is 76.3 Å². The Morgan fingerprint density at radius 1 is 1.12 bits per heavy atom. The van der Waals surface area contributed by atoms with E-state index >= 15 is 0 Å². The van der Waals surface area contributed by atoms with Gasteiger partial charge in [-0.05, 0) is 63.2 Å². The van der Waals surface area contributed by atoms with Crippen molar-refractivity contribution in [3.8, 4) is 23.7 Å². The van der Waals surface area contributed by atoms with Crippen LogP contribution in [0.2, 0.25) is 0 Å². The van der Waals surface area contributed by atoms with E-state index in [1.807, 2.05) is 31.2 Å². The van der Waals surface area contributed by atoms with Gasteiger partial charge in [-0.1, -0.05) is 63.4 Å². The van der Waals surface area contributed by atoms with Gasteiger partial charge in [0.1, 0.15) is 0 Å². The minimum Gasteiger partial charge on any atom is -0.447 e. The average molecular weight is 528 g/mol. The fraction of sp³-hybridized carbons (Fsp3) is 0.269. The number of hydrogen-bond donors (Lipinski definition) is 0. The van der Waals surface area contributed by atoms with Crippen LogP contribution in [-0.4, -0.2) is 37.4 Å². The molecule has 172 valence electrons. The molecule has 5 nitrogen and oxygen atoms in total. The van der Waals surface area contributed by atoms with Crippen LogP contribution in [0, 0.1) is 30.6 Å². The van der Waals surface area contributed by atoms with Crippen molar-refractivity contribution >= 4 is 31.9 Å². The Bertz CT molecular complexity index is 1220. The lowest BCUT2D eigenvalue weighted by molar-refractivity contribution is -0.148. The molecule has 2 aromatic carbocycles. The van der Waals surface area contributed by atoms with Crippen molar-refractivity contribution in [1.29, 1.82) is 0 Å². The van der Waals surface area contributed by atoms with E-state index < -0.39 is 21.6 Å². The number of nitrogens with zero attached hydrogens (tertiary/aromatic N) is 1. The minimum atomic E-state index is -3.76. The highest BCUT2D eigenvalue weighted by molar-refractivity contribution is 9.10. The molecule has 7 heteroatoms. The summed E-state index contributed by atoms with van der Waals surface area (Å²) in [5.41, 5.74) is 0.834. The summed E-state index contributed by atoms with van der Waals surface area (Å²) in [7, 11) is -3.76. The zero-order chi connectivity index (χ0) is 24.5. The van der Waals surface area contributed by atoms with Crippen LogP contribution in [0.25, 0.3) is 0 Å². The second-order valence-electron chi connectivity index (χ2n) is 7.69. The molecule has 2 aromatic rings. The first-order valence-corrected chi connectivity index (χ1v) is 12.4. The van der Waals surface area contributed by atoms with E-state index in [-0.39, 0.29) is 18.0 Å². The van der Waals surface area contributed by atoms with E-state index in [0.29, 0.717) is 0 Å². The van der Waals surface area contributed by atoms with Crippen molar-refractivity contribution < 1.29 is 17.9 Å². The molecule has 0 heterocycles. The van der Waals surface area contributed by atoms with Crippen LogP contribution < -0.4 is 0 Å². The number of rotatable bonds is 6. The number of esters is 1. The van der Waals surface area contributed by atoms with Crippen molar-refractivity contribution in [2.24, 2.45) is 0 Å². The fourth-order valence-electron chi connectivity index (χ4n) is 2.70. The Balaban J connectivity index is 2.23. The molecule has 2 rings (SSSR count). The monoisotopic (exact) mass is 527 g/mol. The summed E-state index contributed by atoms with van der Waals surface area (Å²) in [6, 6.07) is 14.2. The van der Waals surface area contributed by atoms with E-state index in [0.717, 1.165) is 15.6 Å². The summed E-state index contributed by atoms with van der Waals surface area (Å²) >= 11 is 3.38. The second kappa shape index (κ2) is 11.9. The molecular formula is C26H26BrNO4S. The molecule has 0 aliphatic rings. The second-order valence-corrected chi connectivity index (χ2v) is 10.5. The van der Waals surface area contributed by atoms with Crippen molar-refractivity contribution in [2.75, 3.05) is 13.1 Å². The highest BCUT2D eigenvalue weighted by Gasteiger charge is 2.22. The van der Waals surface area contributed by atoms with E-state index in [1.165, 1.54) is 11.2 Å². The third kappa shape index (κ3) is 8.90. The number of benzene rings is 2. The van der Waals surface area contributed by atoms with Gasteiger partial charge >= 0.3 is 5.97 Å². The Hall–Kier alpha value is -2.84. The molecule has 33 heavy (non-hydrogen) atoms. The largest absolute Gasteiger partial charge is 0.447 e. The van der Waals surface area contributed by atoms with Gasteiger partial charge in [0.05, 0.1) is 11.4 Å². The summed E-state index contributed by atoms with van der Waals surface area (Å²) in [6.07, 6.45) is 3.19. The molecular weight excluding hydrogens is 502 g/mol. The Kier molecular flexibility index (Phi) is 9.49. The normalized spacial score (nSPS) is 11.5. The summed E-state index contributed by atoms with van der Waals surface area (Å²) in [6.45, 7) is 6.69. The van der Waals surface area contributed by atoms with Gasteiger partial charge in [0, 0.05) is 23.5 Å². The highest BCUT2D eigenvalue weighted by atomic mass is 79.9. The van der Waals surface area contributed by atoms with Gasteiger partial charge < -0.3 is 4.74 Å². The first-order valence-electron chi connectivity index (χ1n) is 10.2. The maximum atomic E-state index is 13.2.